The average molecular weight is 330 g/mol. The van der Waals surface area contributed by atoms with Gasteiger partial charge in [-0.1, -0.05) is 11.6 Å². The van der Waals surface area contributed by atoms with Gasteiger partial charge in [0, 0.05) is 10.7 Å². The molecule has 112 valence electrons. The predicted molar refractivity (Wildman–Crippen MR) is 76.8 cm³/mol. The van der Waals surface area contributed by atoms with Gasteiger partial charge < -0.3 is 4.74 Å². The lowest BCUT2D eigenvalue weighted by Crippen LogP contribution is -2.17. The largest absolute Gasteiger partial charge is 0.462 e. The Morgan fingerprint density at radius 3 is 2.67 bits per heavy atom. The number of ether oxygens (including phenoxy) is 1. The first-order valence-electron chi connectivity index (χ1n) is 5.93. The van der Waals surface area contributed by atoms with E-state index in [0.29, 0.717) is 10.7 Å². The van der Waals surface area contributed by atoms with Crippen LogP contribution in [0.25, 0.3) is 0 Å². The van der Waals surface area contributed by atoms with Gasteiger partial charge in [-0.15, -0.1) is 0 Å². The molecule has 1 heterocycles. The molecule has 0 saturated heterocycles. The summed E-state index contributed by atoms with van der Waals surface area (Å²) in [5.41, 5.74) is 0.155. The summed E-state index contributed by atoms with van der Waals surface area (Å²) in [4.78, 5) is 11.7. The quantitative estimate of drug-likeness (QED) is 0.817. The lowest BCUT2D eigenvalue weighted by molar-refractivity contribution is 0.0522. The zero-order valence-electron chi connectivity index (χ0n) is 11.0. The molecule has 0 aliphatic rings. The number of aromatic nitrogens is 2. The second kappa shape index (κ2) is 6.15. The Balaban J connectivity index is 2.30. The first kappa shape index (κ1) is 15.3. The van der Waals surface area contributed by atoms with Crippen molar-refractivity contribution in [3.05, 3.63) is 41.0 Å². The highest BCUT2D eigenvalue weighted by atomic mass is 35.5. The van der Waals surface area contributed by atoms with Crippen molar-refractivity contribution in [2.24, 2.45) is 0 Å². The predicted octanol–water partition coefficient (Wildman–Crippen LogP) is 2.04. The summed E-state index contributed by atoms with van der Waals surface area (Å²) in [6, 6.07) is 6.08. The van der Waals surface area contributed by atoms with Crippen molar-refractivity contribution in [1.82, 2.24) is 10.2 Å². The minimum atomic E-state index is -3.99. The van der Waals surface area contributed by atoms with E-state index >= 15 is 0 Å². The second-order valence-corrected chi connectivity index (χ2v) is 6.00. The Labute approximate surface area is 126 Å². The number of sulfonamides is 1. The SMILES string of the molecule is CCOC(=O)c1cn[nH]c1S(=O)(=O)Nc1ccc(Cl)cc1. The van der Waals surface area contributed by atoms with Crippen molar-refractivity contribution in [2.75, 3.05) is 11.3 Å². The highest BCUT2D eigenvalue weighted by Gasteiger charge is 2.25. The zero-order valence-corrected chi connectivity index (χ0v) is 12.5. The molecule has 1 aromatic heterocycles. The normalized spacial score (nSPS) is 11.1. The molecule has 2 rings (SSSR count). The van der Waals surface area contributed by atoms with Crippen molar-refractivity contribution in [1.29, 1.82) is 0 Å². The second-order valence-electron chi connectivity index (χ2n) is 3.95. The molecule has 7 nitrogen and oxygen atoms in total. The highest BCUT2D eigenvalue weighted by Crippen LogP contribution is 2.19. The van der Waals surface area contributed by atoms with Crippen molar-refractivity contribution in [3.63, 3.8) is 0 Å². The molecule has 0 radical (unpaired) electrons. The van der Waals surface area contributed by atoms with Gasteiger partial charge in [0.2, 0.25) is 0 Å². The van der Waals surface area contributed by atoms with Crippen molar-refractivity contribution in [3.8, 4) is 0 Å². The number of nitrogens with zero attached hydrogens (tertiary/aromatic N) is 1. The van der Waals surface area contributed by atoms with Crippen LogP contribution in [-0.2, 0) is 14.8 Å². The Hall–Kier alpha value is -2.06. The summed E-state index contributed by atoms with van der Waals surface area (Å²) >= 11 is 5.73. The average Bonchev–Trinajstić information content (AvgIpc) is 2.92. The fourth-order valence-electron chi connectivity index (χ4n) is 1.56. The number of rotatable bonds is 5. The molecule has 0 amide bonds. The van der Waals surface area contributed by atoms with Gasteiger partial charge in [0.05, 0.1) is 12.8 Å². The molecule has 0 spiro atoms. The molecule has 9 heteroatoms. The number of halogens is 1. The molecule has 0 bridgehead atoms. The number of hydrogen-bond acceptors (Lipinski definition) is 5. The Morgan fingerprint density at radius 1 is 1.38 bits per heavy atom. The van der Waals surface area contributed by atoms with Crippen LogP contribution in [-0.4, -0.2) is 31.2 Å². The third-order valence-electron chi connectivity index (χ3n) is 2.46. The standard InChI is InChI=1S/C12H12ClN3O4S/c1-2-20-12(17)10-7-14-15-11(10)21(18,19)16-9-5-3-8(13)4-6-9/h3-7,16H,2H2,1H3,(H,14,15). The van der Waals surface area contributed by atoms with E-state index < -0.39 is 16.0 Å². The lowest BCUT2D eigenvalue weighted by Gasteiger charge is -2.08. The Morgan fingerprint density at radius 2 is 2.05 bits per heavy atom. The fourth-order valence-corrected chi connectivity index (χ4v) is 2.83. The summed E-state index contributed by atoms with van der Waals surface area (Å²) in [7, 11) is -3.99. The summed E-state index contributed by atoms with van der Waals surface area (Å²) < 4.78 is 31.6. The zero-order chi connectivity index (χ0) is 15.5. The molecule has 0 fully saturated rings. The smallest absolute Gasteiger partial charge is 0.342 e. The van der Waals surface area contributed by atoms with Crippen LogP contribution in [0.1, 0.15) is 17.3 Å². The van der Waals surface area contributed by atoms with Gasteiger partial charge in [-0.2, -0.15) is 13.5 Å². The third-order valence-corrected chi connectivity index (χ3v) is 4.07. The molecule has 0 saturated carbocycles. The number of H-pyrrole nitrogens is 1. The van der Waals surface area contributed by atoms with E-state index in [0.717, 1.165) is 6.20 Å². The van der Waals surface area contributed by atoms with Crippen molar-refractivity contribution in [2.45, 2.75) is 11.9 Å². The van der Waals surface area contributed by atoms with Crippen molar-refractivity contribution < 1.29 is 17.9 Å². The minimum Gasteiger partial charge on any atom is -0.462 e. The van der Waals surface area contributed by atoms with Gasteiger partial charge in [0.25, 0.3) is 10.0 Å². The van der Waals surface area contributed by atoms with Crippen LogP contribution in [0.3, 0.4) is 0 Å². The third kappa shape index (κ3) is 3.53. The van der Waals surface area contributed by atoms with Gasteiger partial charge in [0.15, 0.2) is 5.03 Å². The Bertz CT molecular complexity index is 740. The number of anilines is 1. The van der Waals surface area contributed by atoms with Gasteiger partial charge >= 0.3 is 5.97 Å². The van der Waals surface area contributed by atoms with E-state index in [2.05, 4.69) is 14.9 Å². The first-order chi connectivity index (χ1) is 9.94. The van der Waals surface area contributed by atoms with E-state index in [1.54, 1.807) is 19.1 Å². The molecule has 1 aromatic carbocycles. The number of nitrogens with one attached hydrogen (secondary N) is 2. The van der Waals surface area contributed by atoms with Crippen LogP contribution in [0.15, 0.2) is 35.5 Å². The summed E-state index contributed by atoms with van der Waals surface area (Å²) in [6.45, 7) is 1.76. The Kier molecular flexibility index (Phi) is 4.49. The molecule has 2 aromatic rings. The maximum Gasteiger partial charge on any atom is 0.342 e. The van der Waals surface area contributed by atoms with Gasteiger partial charge in [-0.3, -0.25) is 9.82 Å². The van der Waals surface area contributed by atoms with Gasteiger partial charge in [-0.25, -0.2) is 4.79 Å². The van der Waals surface area contributed by atoms with E-state index in [4.69, 9.17) is 16.3 Å². The topological polar surface area (TPSA) is 101 Å². The van der Waals surface area contributed by atoms with Crippen LogP contribution < -0.4 is 4.72 Å². The van der Waals surface area contributed by atoms with Gasteiger partial charge in [-0.05, 0) is 31.2 Å². The number of carbonyl (C=O) groups is 1. The van der Waals surface area contributed by atoms with E-state index in [9.17, 15) is 13.2 Å². The van der Waals surface area contributed by atoms with E-state index in [1.807, 2.05) is 0 Å². The molecule has 0 unspecified atom stereocenters. The number of carbonyl (C=O) groups excluding carboxylic acids is 1. The molecule has 0 atom stereocenters. The number of aromatic amines is 1. The molecule has 2 N–H and O–H groups in total. The van der Waals surface area contributed by atoms with Crippen LogP contribution >= 0.6 is 11.6 Å². The maximum atomic E-state index is 12.3. The summed E-state index contributed by atoms with van der Waals surface area (Å²) in [5, 5.41) is 6.00. The van der Waals surface area contributed by atoms with Crippen LogP contribution in [0, 0.1) is 0 Å². The maximum absolute atomic E-state index is 12.3. The van der Waals surface area contributed by atoms with Crippen LogP contribution in [0.5, 0.6) is 0 Å². The molecule has 0 aliphatic carbocycles. The number of hydrogen-bond donors (Lipinski definition) is 2. The van der Waals surface area contributed by atoms with E-state index in [-0.39, 0.29) is 17.2 Å². The highest BCUT2D eigenvalue weighted by molar-refractivity contribution is 7.92. The van der Waals surface area contributed by atoms with Crippen LogP contribution in [0.4, 0.5) is 5.69 Å². The summed E-state index contributed by atoms with van der Waals surface area (Å²) in [5.74, 6) is -0.761. The van der Waals surface area contributed by atoms with Crippen LogP contribution in [0.2, 0.25) is 5.02 Å². The molecule has 0 aliphatic heterocycles. The minimum absolute atomic E-state index is 0.133. The monoisotopic (exact) mass is 329 g/mol. The lowest BCUT2D eigenvalue weighted by atomic mass is 10.3. The fraction of sp³-hybridized carbons (Fsp3) is 0.167. The van der Waals surface area contributed by atoms with E-state index in [1.165, 1.54) is 12.1 Å². The molecular formula is C12H12ClN3O4S. The number of esters is 1. The number of benzene rings is 1. The summed E-state index contributed by atoms with van der Waals surface area (Å²) in [6.07, 6.45) is 1.11. The van der Waals surface area contributed by atoms with Gasteiger partial charge in [0.1, 0.15) is 5.56 Å². The van der Waals surface area contributed by atoms with Crippen molar-refractivity contribution >= 4 is 33.3 Å². The molecule has 21 heavy (non-hydrogen) atoms. The molecular weight excluding hydrogens is 318 g/mol. The first-order valence-corrected chi connectivity index (χ1v) is 7.79.